The Morgan fingerprint density at radius 2 is 0.852 bits per heavy atom. The first-order valence-electron chi connectivity index (χ1n) is 18.8. The van der Waals surface area contributed by atoms with E-state index in [1.807, 2.05) is 0 Å². The molecule has 54 heavy (non-hydrogen) atoms. The van der Waals surface area contributed by atoms with Gasteiger partial charge in [-0.05, 0) is 126 Å². The van der Waals surface area contributed by atoms with Crippen molar-refractivity contribution < 1.29 is 0 Å². The fourth-order valence-corrected chi connectivity index (χ4v) is 8.59. The summed E-state index contributed by atoms with van der Waals surface area (Å²) in [7, 11) is 0. The molecule has 10 rings (SSSR count). The number of fused-ring (bicyclic) bond motifs is 5. The van der Waals surface area contributed by atoms with E-state index in [1.165, 1.54) is 77.2 Å². The Morgan fingerprint density at radius 3 is 1.59 bits per heavy atom. The van der Waals surface area contributed by atoms with Gasteiger partial charge in [0, 0.05) is 22.5 Å². The van der Waals surface area contributed by atoms with E-state index in [9.17, 15) is 0 Å². The van der Waals surface area contributed by atoms with Crippen LogP contribution in [0.5, 0.6) is 0 Å². The zero-order chi connectivity index (χ0) is 36.2. The third-order valence-electron chi connectivity index (χ3n) is 11.5. The van der Waals surface area contributed by atoms with Crippen LogP contribution in [-0.2, 0) is 5.41 Å². The lowest BCUT2D eigenvalue weighted by Gasteiger charge is -2.28. The van der Waals surface area contributed by atoms with E-state index in [1.54, 1.807) is 0 Å². The van der Waals surface area contributed by atoms with Crippen LogP contribution in [0.1, 0.15) is 25.0 Å². The van der Waals surface area contributed by atoms with Crippen LogP contribution in [0.15, 0.2) is 200 Å². The molecule has 0 spiro atoms. The minimum atomic E-state index is -0.0911. The molecule has 0 saturated carbocycles. The SMILES string of the molecule is CC1(C)c2ccccc2-c2ccc(N(c3ccc(-c4ccc5ccc(-c6ccccc6)cc5c4)cc3)c3ccc(-c4cccc5ccccc45)cc3)cc21. The van der Waals surface area contributed by atoms with E-state index < -0.39 is 0 Å². The predicted molar refractivity (Wildman–Crippen MR) is 230 cm³/mol. The van der Waals surface area contributed by atoms with Crippen molar-refractivity contribution in [2.24, 2.45) is 0 Å². The van der Waals surface area contributed by atoms with Crippen LogP contribution < -0.4 is 4.90 Å². The fraction of sp³-hybridized carbons (Fsp3) is 0.0566. The van der Waals surface area contributed by atoms with Crippen LogP contribution in [0.4, 0.5) is 17.1 Å². The number of nitrogens with zero attached hydrogens (tertiary/aromatic N) is 1. The number of benzene rings is 9. The van der Waals surface area contributed by atoms with Gasteiger partial charge >= 0.3 is 0 Å². The minimum absolute atomic E-state index is 0.0911. The Labute approximate surface area is 317 Å². The lowest BCUT2D eigenvalue weighted by Crippen LogP contribution is -2.16. The van der Waals surface area contributed by atoms with E-state index in [0.717, 1.165) is 17.1 Å². The van der Waals surface area contributed by atoms with Crippen molar-refractivity contribution in [1.82, 2.24) is 0 Å². The maximum Gasteiger partial charge on any atom is 0.0465 e. The molecule has 0 atom stereocenters. The Balaban J connectivity index is 1.05. The summed E-state index contributed by atoms with van der Waals surface area (Å²) in [6.45, 7) is 4.71. The van der Waals surface area contributed by atoms with Gasteiger partial charge in [0.2, 0.25) is 0 Å². The third-order valence-corrected chi connectivity index (χ3v) is 11.5. The van der Waals surface area contributed by atoms with Crippen LogP contribution in [-0.4, -0.2) is 0 Å². The quantitative estimate of drug-likeness (QED) is 0.168. The monoisotopic (exact) mass is 689 g/mol. The van der Waals surface area contributed by atoms with Gasteiger partial charge < -0.3 is 4.90 Å². The molecule has 0 bridgehead atoms. The average Bonchev–Trinajstić information content (AvgIpc) is 3.46. The third kappa shape index (κ3) is 5.40. The lowest BCUT2D eigenvalue weighted by atomic mass is 9.82. The molecule has 0 aromatic heterocycles. The van der Waals surface area contributed by atoms with E-state index in [-0.39, 0.29) is 5.41 Å². The standard InChI is InChI=1S/C53H39N/c1-53(2)51-18-9-8-16-49(51)50-32-31-46(35-52(50)53)54(45-29-25-40(26-30-45)48-17-10-14-39-13-6-7-15-47(39)48)44-27-23-37(24-28-44)42-22-20-38-19-21-41(33-43(38)34-42)36-11-4-3-5-12-36/h3-35H,1-2H3. The molecule has 0 N–H and O–H groups in total. The van der Waals surface area contributed by atoms with Crippen molar-refractivity contribution in [2.75, 3.05) is 4.90 Å². The Bertz CT molecular complexity index is 2820. The van der Waals surface area contributed by atoms with E-state index in [2.05, 4.69) is 219 Å². The molecule has 1 aliphatic carbocycles. The molecule has 0 aliphatic heterocycles. The van der Waals surface area contributed by atoms with Gasteiger partial charge in [0.15, 0.2) is 0 Å². The molecule has 0 fully saturated rings. The van der Waals surface area contributed by atoms with Crippen LogP contribution in [0, 0.1) is 0 Å². The Kier molecular flexibility index (Phi) is 7.56. The van der Waals surface area contributed by atoms with Crippen molar-refractivity contribution in [3.63, 3.8) is 0 Å². The molecule has 0 amide bonds. The number of hydrogen-bond donors (Lipinski definition) is 0. The summed E-state index contributed by atoms with van der Waals surface area (Å²) in [6.07, 6.45) is 0. The van der Waals surface area contributed by atoms with Gasteiger partial charge in [-0.1, -0.05) is 166 Å². The van der Waals surface area contributed by atoms with Gasteiger partial charge in [0.05, 0.1) is 0 Å². The molecule has 1 heteroatoms. The van der Waals surface area contributed by atoms with E-state index in [4.69, 9.17) is 0 Å². The normalized spacial score (nSPS) is 12.8. The number of anilines is 3. The summed E-state index contributed by atoms with van der Waals surface area (Å²) in [5.74, 6) is 0. The topological polar surface area (TPSA) is 3.24 Å². The minimum Gasteiger partial charge on any atom is -0.310 e. The highest BCUT2D eigenvalue weighted by Crippen LogP contribution is 2.50. The zero-order valence-corrected chi connectivity index (χ0v) is 30.5. The molecule has 256 valence electrons. The summed E-state index contributed by atoms with van der Waals surface area (Å²) >= 11 is 0. The van der Waals surface area contributed by atoms with Crippen LogP contribution in [0.25, 0.3) is 66.1 Å². The van der Waals surface area contributed by atoms with Crippen molar-refractivity contribution in [2.45, 2.75) is 19.3 Å². The summed E-state index contributed by atoms with van der Waals surface area (Å²) in [6, 6.07) is 73.4. The van der Waals surface area contributed by atoms with E-state index in [0.29, 0.717) is 0 Å². The predicted octanol–water partition coefficient (Wildman–Crippen LogP) is 14.8. The smallest absolute Gasteiger partial charge is 0.0465 e. The van der Waals surface area contributed by atoms with Gasteiger partial charge in [-0.2, -0.15) is 0 Å². The second-order valence-electron chi connectivity index (χ2n) is 15.0. The largest absolute Gasteiger partial charge is 0.310 e. The molecule has 0 unspecified atom stereocenters. The van der Waals surface area contributed by atoms with Crippen molar-refractivity contribution in [3.05, 3.63) is 211 Å². The molecule has 0 radical (unpaired) electrons. The first kappa shape index (κ1) is 32.0. The highest BCUT2D eigenvalue weighted by atomic mass is 15.1. The van der Waals surface area contributed by atoms with Crippen molar-refractivity contribution >= 4 is 38.6 Å². The van der Waals surface area contributed by atoms with E-state index >= 15 is 0 Å². The molecule has 1 nitrogen and oxygen atoms in total. The average molecular weight is 690 g/mol. The fourth-order valence-electron chi connectivity index (χ4n) is 8.59. The molecular formula is C53H39N. The van der Waals surface area contributed by atoms with Gasteiger partial charge in [-0.25, -0.2) is 0 Å². The van der Waals surface area contributed by atoms with Gasteiger partial charge in [-0.15, -0.1) is 0 Å². The van der Waals surface area contributed by atoms with Gasteiger partial charge in [-0.3, -0.25) is 0 Å². The molecule has 9 aromatic rings. The Morgan fingerprint density at radius 1 is 0.315 bits per heavy atom. The first-order valence-corrected chi connectivity index (χ1v) is 18.8. The highest BCUT2D eigenvalue weighted by molar-refractivity contribution is 5.97. The zero-order valence-electron chi connectivity index (χ0n) is 30.5. The summed E-state index contributed by atoms with van der Waals surface area (Å²) < 4.78 is 0. The van der Waals surface area contributed by atoms with Crippen LogP contribution in [0.3, 0.4) is 0 Å². The van der Waals surface area contributed by atoms with Gasteiger partial charge in [0.1, 0.15) is 0 Å². The van der Waals surface area contributed by atoms with Crippen molar-refractivity contribution in [3.8, 4) is 44.5 Å². The van der Waals surface area contributed by atoms with Crippen molar-refractivity contribution in [1.29, 1.82) is 0 Å². The maximum absolute atomic E-state index is 2.41. The summed E-state index contributed by atoms with van der Waals surface area (Å²) in [4.78, 5) is 2.41. The first-order chi connectivity index (χ1) is 26.5. The molecule has 1 aliphatic rings. The number of rotatable bonds is 6. The molecule has 0 saturated heterocycles. The molecule has 0 heterocycles. The number of hydrogen-bond acceptors (Lipinski definition) is 1. The second-order valence-corrected chi connectivity index (χ2v) is 15.0. The Hall–Kier alpha value is -6.70. The summed E-state index contributed by atoms with van der Waals surface area (Å²) in [5, 5.41) is 5.01. The van der Waals surface area contributed by atoms with Crippen LogP contribution >= 0.6 is 0 Å². The summed E-state index contributed by atoms with van der Waals surface area (Å²) in [5.41, 5.74) is 16.1. The van der Waals surface area contributed by atoms with Gasteiger partial charge in [0.25, 0.3) is 0 Å². The maximum atomic E-state index is 2.41. The van der Waals surface area contributed by atoms with Crippen LogP contribution in [0.2, 0.25) is 0 Å². The molecule has 9 aromatic carbocycles. The lowest BCUT2D eigenvalue weighted by molar-refractivity contribution is 0.660. The highest BCUT2D eigenvalue weighted by Gasteiger charge is 2.35. The molecular weight excluding hydrogens is 651 g/mol. The second kappa shape index (κ2) is 12.8.